The monoisotopic (exact) mass is 427 g/mol. The van der Waals surface area contributed by atoms with Crippen LogP contribution in [0.25, 0.3) is 11.2 Å². The van der Waals surface area contributed by atoms with Crippen LogP contribution < -0.4 is 10.1 Å². The second kappa shape index (κ2) is 8.47. The molecule has 0 aliphatic carbocycles. The van der Waals surface area contributed by atoms with E-state index in [0.717, 1.165) is 12.1 Å². The number of fused-ring (bicyclic) bond motifs is 1. The van der Waals surface area contributed by atoms with Gasteiger partial charge in [-0.15, -0.1) is 0 Å². The Morgan fingerprint density at radius 3 is 2.65 bits per heavy atom. The normalized spacial score (nSPS) is 13.6. The number of urea groups is 1. The molecule has 3 heterocycles. The molecule has 1 N–H and O–H groups in total. The van der Waals surface area contributed by atoms with Gasteiger partial charge in [-0.1, -0.05) is 5.92 Å². The van der Waals surface area contributed by atoms with E-state index >= 15 is 0 Å². The largest absolute Gasteiger partial charge is 0.474 e. The number of hydrogen-bond donors (Lipinski definition) is 1. The predicted molar refractivity (Wildman–Crippen MR) is 105 cm³/mol. The number of ether oxygens (including phenoxy) is 1. The number of rotatable bonds is 4. The number of halogens is 3. The summed E-state index contributed by atoms with van der Waals surface area (Å²) in [6, 6.07) is 7.79. The van der Waals surface area contributed by atoms with Crippen LogP contribution in [-0.4, -0.2) is 52.1 Å². The highest BCUT2D eigenvalue weighted by molar-refractivity contribution is 5.76. The number of nitrogens with zero attached hydrogens (tertiary/aromatic N) is 4. The van der Waals surface area contributed by atoms with Gasteiger partial charge in [0, 0.05) is 24.8 Å². The van der Waals surface area contributed by atoms with Gasteiger partial charge in [-0.25, -0.2) is 19.7 Å². The maximum atomic E-state index is 12.7. The van der Waals surface area contributed by atoms with Crippen LogP contribution in [0.4, 0.5) is 18.0 Å². The SMILES string of the molecule is O=C1NCCN1CCOc1nc2cccnc2nc1C#Cc1ccc(C(F)(F)F)cc1. The first-order valence-electron chi connectivity index (χ1n) is 9.38. The number of alkyl halides is 3. The molecule has 31 heavy (non-hydrogen) atoms. The summed E-state index contributed by atoms with van der Waals surface area (Å²) in [6.07, 6.45) is -2.84. The van der Waals surface area contributed by atoms with Crippen molar-refractivity contribution in [3.05, 3.63) is 59.4 Å². The maximum Gasteiger partial charge on any atom is 0.416 e. The molecular weight excluding hydrogens is 411 g/mol. The van der Waals surface area contributed by atoms with E-state index in [4.69, 9.17) is 4.74 Å². The number of carbonyl (C=O) groups excluding carboxylic acids is 1. The molecule has 2 amide bonds. The Morgan fingerprint density at radius 2 is 1.94 bits per heavy atom. The van der Waals surface area contributed by atoms with E-state index in [9.17, 15) is 18.0 Å². The lowest BCUT2D eigenvalue weighted by Crippen LogP contribution is -2.32. The molecule has 0 saturated carbocycles. The van der Waals surface area contributed by atoms with Gasteiger partial charge in [0.05, 0.1) is 12.1 Å². The van der Waals surface area contributed by atoms with Gasteiger partial charge in [0.25, 0.3) is 0 Å². The van der Waals surface area contributed by atoms with Gasteiger partial charge >= 0.3 is 12.2 Å². The van der Waals surface area contributed by atoms with Gasteiger partial charge in [-0.3, -0.25) is 0 Å². The van der Waals surface area contributed by atoms with Crippen LogP contribution in [0.5, 0.6) is 5.88 Å². The molecule has 4 rings (SSSR count). The minimum atomic E-state index is -4.41. The molecule has 1 aliphatic heterocycles. The van der Waals surface area contributed by atoms with Crippen molar-refractivity contribution in [3.63, 3.8) is 0 Å². The first kappa shape index (κ1) is 20.4. The molecule has 158 valence electrons. The van der Waals surface area contributed by atoms with Gasteiger partial charge < -0.3 is 15.0 Å². The van der Waals surface area contributed by atoms with Crippen LogP contribution in [0.3, 0.4) is 0 Å². The van der Waals surface area contributed by atoms with E-state index in [1.165, 1.54) is 12.1 Å². The fourth-order valence-corrected chi connectivity index (χ4v) is 2.91. The third-order valence-corrected chi connectivity index (χ3v) is 4.49. The lowest BCUT2D eigenvalue weighted by molar-refractivity contribution is -0.137. The van der Waals surface area contributed by atoms with Crippen LogP contribution in [0.2, 0.25) is 0 Å². The molecule has 1 aromatic carbocycles. The van der Waals surface area contributed by atoms with Crippen molar-refractivity contribution < 1.29 is 22.7 Å². The Bertz CT molecular complexity index is 1170. The Morgan fingerprint density at radius 1 is 1.13 bits per heavy atom. The molecule has 1 fully saturated rings. The quantitative estimate of drug-likeness (QED) is 0.648. The van der Waals surface area contributed by atoms with E-state index < -0.39 is 11.7 Å². The van der Waals surface area contributed by atoms with Crippen LogP contribution in [0.1, 0.15) is 16.8 Å². The summed E-state index contributed by atoms with van der Waals surface area (Å²) in [5.41, 5.74) is 0.720. The van der Waals surface area contributed by atoms with E-state index in [-0.39, 0.29) is 24.2 Å². The lowest BCUT2D eigenvalue weighted by atomic mass is 10.1. The van der Waals surface area contributed by atoms with Gasteiger partial charge in [0.1, 0.15) is 12.1 Å². The summed E-state index contributed by atoms with van der Waals surface area (Å²) in [4.78, 5) is 26.2. The molecule has 10 heteroatoms. The molecule has 0 radical (unpaired) electrons. The number of amides is 2. The molecule has 3 aromatic rings. The van der Waals surface area contributed by atoms with E-state index in [2.05, 4.69) is 32.1 Å². The van der Waals surface area contributed by atoms with Crippen molar-refractivity contribution in [1.29, 1.82) is 0 Å². The minimum Gasteiger partial charge on any atom is -0.474 e. The first-order chi connectivity index (χ1) is 14.9. The number of hydrogen-bond acceptors (Lipinski definition) is 5. The average Bonchev–Trinajstić information content (AvgIpc) is 3.16. The van der Waals surface area contributed by atoms with Crippen LogP contribution >= 0.6 is 0 Å². The summed E-state index contributed by atoms with van der Waals surface area (Å²) >= 11 is 0. The summed E-state index contributed by atoms with van der Waals surface area (Å²) in [7, 11) is 0. The van der Waals surface area contributed by atoms with Crippen molar-refractivity contribution in [2.45, 2.75) is 6.18 Å². The van der Waals surface area contributed by atoms with Gasteiger partial charge in [-0.2, -0.15) is 13.2 Å². The number of nitrogens with one attached hydrogen (secondary N) is 1. The highest BCUT2D eigenvalue weighted by Gasteiger charge is 2.29. The number of aromatic nitrogens is 3. The van der Waals surface area contributed by atoms with Crippen molar-refractivity contribution in [3.8, 4) is 17.7 Å². The average molecular weight is 427 g/mol. The molecule has 0 unspecified atom stereocenters. The second-order valence-electron chi connectivity index (χ2n) is 6.62. The second-order valence-corrected chi connectivity index (χ2v) is 6.62. The van der Waals surface area contributed by atoms with Crippen LogP contribution in [-0.2, 0) is 6.18 Å². The minimum absolute atomic E-state index is 0.153. The van der Waals surface area contributed by atoms with Crippen molar-refractivity contribution in [2.75, 3.05) is 26.2 Å². The molecule has 1 aliphatic rings. The maximum absolute atomic E-state index is 12.7. The van der Waals surface area contributed by atoms with Crippen LogP contribution in [0, 0.1) is 11.8 Å². The molecular formula is C21H16F3N5O2. The van der Waals surface area contributed by atoms with E-state index in [0.29, 0.717) is 36.4 Å². The Kier molecular flexibility index (Phi) is 5.58. The van der Waals surface area contributed by atoms with Crippen LogP contribution in [0.15, 0.2) is 42.6 Å². The third-order valence-electron chi connectivity index (χ3n) is 4.49. The van der Waals surface area contributed by atoms with E-state index in [1.54, 1.807) is 23.2 Å². The van der Waals surface area contributed by atoms with Gasteiger partial charge in [-0.05, 0) is 42.3 Å². The lowest BCUT2D eigenvalue weighted by Gasteiger charge is -2.14. The zero-order valence-electron chi connectivity index (χ0n) is 16.1. The fourth-order valence-electron chi connectivity index (χ4n) is 2.91. The third kappa shape index (κ3) is 4.83. The zero-order valence-corrected chi connectivity index (χ0v) is 16.1. The van der Waals surface area contributed by atoms with Crippen molar-refractivity contribution in [1.82, 2.24) is 25.2 Å². The van der Waals surface area contributed by atoms with E-state index in [1.807, 2.05) is 0 Å². The molecule has 0 atom stereocenters. The van der Waals surface area contributed by atoms with Gasteiger partial charge in [0.2, 0.25) is 5.88 Å². The molecule has 2 aromatic heterocycles. The number of carbonyl (C=O) groups is 1. The van der Waals surface area contributed by atoms with Gasteiger partial charge in [0.15, 0.2) is 11.3 Å². The highest BCUT2D eigenvalue weighted by Crippen LogP contribution is 2.29. The van der Waals surface area contributed by atoms with Crippen molar-refractivity contribution >= 4 is 17.2 Å². The number of pyridine rings is 1. The topological polar surface area (TPSA) is 80.2 Å². The fraction of sp³-hybridized carbons (Fsp3) is 0.238. The number of benzene rings is 1. The Labute approximate surface area is 175 Å². The summed E-state index contributed by atoms with van der Waals surface area (Å²) in [5.74, 6) is 5.75. The zero-order chi connectivity index (χ0) is 21.8. The smallest absolute Gasteiger partial charge is 0.416 e. The molecule has 7 nitrogen and oxygen atoms in total. The Hall–Kier alpha value is -3.87. The molecule has 1 saturated heterocycles. The summed E-state index contributed by atoms with van der Waals surface area (Å²) < 4.78 is 43.9. The molecule has 0 bridgehead atoms. The highest BCUT2D eigenvalue weighted by atomic mass is 19.4. The first-order valence-corrected chi connectivity index (χ1v) is 9.38. The summed E-state index contributed by atoms with van der Waals surface area (Å²) in [6.45, 7) is 1.73. The molecule has 0 spiro atoms. The van der Waals surface area contributed by atoms with Crippen molar-refractivity contribution in [2.24, 2.45) is 0 Å². The Balaban J connectivity index is 1.58. The standard InChI is InChI=1S/C21H16F3N5O2/c22-21(23,24)15-6-3-14(4-7-15)5-8-17-19(28-16-2-1-9-25-18(16)27-17)31-13-12-29-11-10-26-20(29)30/h1-4,6-7,9H,10-13H2,(H,26,30). The summed E-state index contributed by atoms with van der Waals surface area (Å²) in [5, 5.41) is 2.71. The predicted octanol–water partition coefficient (Wildman–Crippen LogP) is 2.85.